The van der Waals surface area contributed by atoms with Crippen LogP contribution >= 0.6 is 15.9 Å². The number of aromatic nitrogens is 2. The van der Waals surface area contributed by atoms with Gasteiger partial charge in [-0.2, -0.15) is 0 Å². The van der Waals surface area contributed by atoms with Crippen molar-refractivity contribution in [3.05, 3.63) is 57.8 Å². The number of hydrogen-bond acceptors (Lipinski definition) is 1. The van der Waals surface area contributed by atoms with Crippen LogP contribution in [0.5, 0.6) is 0 Å². The summed E-state index contributed by atoms with van der Waals surface area (Å²) in [6.45, 7) is 6.32. The number of pyridine rings is 1. The standard InChI is InChI=1S/C16H15BrN2/c1-10-4-6-13(7-5-10)16-12(3)19-11(2)14(17)8-9-15(19)18-16/h4-9H,1-3H3. The number of nitrogens with zero attached hydrogens (tertiary/aromatic N) is 2. The number of halogens is 1. The zero-order chi connectivity index (χ0) is 13.6. The molecule has 0 spiro atoms. The molecule has 0 aliphatic rings. The molecular weight excluding hydrogens is 300 g/mol. The first-order valence-electron chi connectivity index (χ1n) is 6.29. The van der Waals surface area contributed by atoms with Gasteiger partial charge >= 0.3 is 0 Å². The normalized spacial score (nSPS) is 11.2. The summed E-state index contributed by atoms with van der Waals surface area (Å²) in [6.07, 6.45) is 0. The third-order valence-electron chi connectivity index (χ3n) is 3.52. The van der Waals surface area contributed by atoms with E-state index < -0.39 is 0 Å². The van der Waals surface area contributed by atoms with Crippen LogP contribution in [0.4, 0.5) is 0 Å². The van der Waals surface area contributed by atoms with Crippen LogP contribution in [-0.2, 0) is 0 Å². The van der Waals surface area contributed by atoms with Crippen molar-refractivity contribution in [2.45, 2.75) is 20.8 Å². The van der Waals surface area contributed by atoms with E-state index in [1.807, 2.05) is 6.07 Å². The van der Waals surface area contributed by atoms with Crippen molar-refractivity contribution in [2.75, 3.05) is 0 Å². The summed E-state index contributed by atoms with van der Waals surface area (Å²) >= 11 is 3.58. The topological polar surface area (TPSA) is 17.3 Å². The Morgan fingerprint density at radius 3 is 2.26 bits per heavy atom. The Bertz CT molecular complexity index is 755. The lowest BCUT2D eigenvalue weighted by Crippen LogP contribution is -1.94. The molecule has 3 rings (SSSR count). The van der Waals surface area contributed by atoms with Crippen molar-refractivity contribution in [3.63, 3.8) is 0 Å². The molecule has 96 valence electrons. The Hall–Kier alpha value is -1.61. The Labute approximate surface area is 121 Å². The number of rotatable bonds is 1. The van der Waals surface area contributed by atoms with Crippen LogP contribution < -0.4 is 0 Å². The van der Waals surface area contributed by atoms with Crippen LogP contribution in [0, 0.1) is 20.8 Å². The van der Waals surface area contributed by atoms with Gasteiger partial charge in [-0.25, -0.2) is 4.98 Å². The van der Waals surface area contributed by atoms with Gasteiger partial charge in [0.25, 0.3) is 0 Å². The van der Waals surface area contributed by atoms with Gasteiger partial charge in [0.05, 0.1) is 5.69 Å². The number of benzene rings is 1. The van der Waals surface area contributed by atoms with Gasteiger partial charge in [0, 0.05) is 21.4 Å². The van der Waals surface area contributed by atoms with Crippen molar-refractivity contribution < 1.29 is 0 Å². The van der Waals surface area contributed by atoms with Crippen molar-refractivity contribution >= 4 is 21.6 Å². The lowest BCUT2D eigenvalue weighted by molar-refractivity contribution is 1.03. The van der Waals surface area contributed by atoms with E-state index in [4.69, 9.17) is 4.98 Å². The fourth-order valence-corrected chi connectivity index (χ4v) is 2.73. The van der Waals surface area contributed by atoms with E-state index in [2.05, 4.69) is 71.4 Å². The van der Waals surface area contributed by atoms with E-state index in [1.54, 1.807) is 0 Å². The second-order valence-electron chi connectivity index (χ2n) is 4.87. The van der Waals surface area contributed by atoms with Gasteiger partial charge in [-0.15, -0.1) is 0 Å². The van der Waals surface area contributed by atoms with Crippen LogP contribution in [0.3, 0.4) is 0 Å². The zero-order valence-corrected chi connectivity index (χ0v) is 12.8. The molecule has 1 aromatic carbocycles. The summed E-state index contributed by atoms with van der Waals surface area (Å²) in [5.41, 5.74) is 6.85. The van der Waals surface area contributed by atoms with Gasteiger partial charge < -0.3 is 0 Å². The summed E-state index contributed by atoms with van der Waals surface area (Å²) in [5, 5.41) is 0. The van der Waals surface area contributed by atoms with Crippen LogP contribution in [0.2, 0.25) is 0 Å². The van der Waals surface area contributed by atoms with Crippen LogP contribution in [0.1, 0.15) is 17.0 Å². The molecule has 0 aliphatic heterocycles. The first-order chi connectivity index (χ1) is 9.08. The minimum Gasteiger partial charge on any atom is -0.300 e. The predicted molar refractivity (Wildman–Crippen MR) is 82.5 cm³/mol. The van der Waals surface area contributed by atoms with Crippen molar-refractivity contribution in [1.82, 2.24) is 9.38 Å². The first-order valence-corrected chi connectivity index (χ1v) is 7.08. The van der Waals surface area contributed by atoms with Crippen molar-refractivity contribution in [1.29, 1.82) is 0 Å². The van der Waals surface area contributed by atoms with Gasteiger partial charge in [-0.1, -0.05) is 29.8 Å². The van der Waals surface area contributed by atoms with E-state index in [-0.39, 0.29) is 0 Å². The molecule has 3 heteroatoms. The average molecular weight is 315 g/mol. The maximum atomic E-state index is 4.76. The molecule has 0 saturated heterocycles. The number of fused-ring (bicyclic) bond motifs is 1. The molecule has 0 N–H and O–H groups in total. The molecule has 0 unspecified atom stereocenters. The van der Waals surface area contributed by atoms with E-state index >= 15 is 0 Å². The molecule has 0 atom stereocenters. The Balaban J connectivity index is 2.28. The molecular formula is C16H15BrN2. The van der Waals surface area contributed by atoms with E-state index in [0.717, 1.165) is 15.8 Å². The lowest BCUT2D eigenvalue weighted by Gasteiger charge is -2.05. The largest absolute Gasteiger partial charge is 0.300 e. The quantitative estimate of drug-likeness (QED) is 0.637. The maximum absolute atomic E-state index is 4.76. The Morgan fingerprint density at radius 1 is 0.895 bits per heavy atom. The van der Waals surface area contributed by atoms with Crippen molar-refractivity contribution in [3.8, 4) is 11.3 Å². The molecule has 2 heterocycles. The lowest BCUT2D eigenvalue weighted by atomic mass is 10.1. The minimum atomic E-state index is 0.994. The van der Waals surface area contributed by atoms with Gasteiger partial charge in [0.2, 0.25) is 0 Å². The van der Waals surface area contributed by atoms with Crippen LogP contribution in [0.25, 0.3) is 16.9 Å². The minimum absolute atomic E-state index is 0.994. The van der Waals surface area contributed by atoms with Crippen molar-refractivity contribution in [2.24, 2.45) is 0 Å². The third-order valence-corrected chi connectivity index (χ3v) is 4.36. The number of imidazole rings is 1. The molecule has 0 saturated carbocycles. The monoisotopic (exact) mass is 314 g/mol. The van der Waals surface area contributed by atoms with Gasteiger partial charge in [-0.3, -0.25) is 4.40 Å². The van der Waals surface area contributed by atoms with Gasteiger partial charge in [0.1, 0.15) is 5.65 Å². The fourth-order valence-electron chi connectivity index (χ4n) is 2.42. The van der Waals surface area contributed by atoms with E-state index in [0.29, 0.717) is 0 Å². The van der Waals surface area contributed by atoms with E-state index in [9.17, 15) is 0 Å². The summed E-state index contributed by atoms with van der Waals surface area (Å²) in [4.78, 5) is 4.76. The van der Waals surface area contributed by atoms with Gasteiger partial charge in [-0.05, 0) is 48.8 Å². The summed E-state index contributed by atoms with van der Waals surface area (Å²) in [6, 6.07) is 12.6. The summed E-state index contributed by atoms with van der Waals surface area (Å²) in [7, 11) is 0. The SMILES string of the molecule is Cc1ccc(-c2nc3ccc(Br)c(C)n3c2C)cc1. The molecule has 2 aromatic heterocycles. The number of aryl methyl sites for hydroxylation is 3. The highest BCUT2D eigenvalue weighted by atomic mass is 79.9. The van der Waals surface area contributed by atoms with Crippen LogP contribution in [0.15, 0.2) is 40.9 Å². The average Bonchev–Trinajstić information content (AvgIpc) is 2.73. The predicted octanol–water partition coefficient (Wildman–Crippen LogP) is 4.69. The molecule has 0 fully saturated rings. The smallest absolute Gasteiger partial charge is 0.137 e. The molecule has 0 radical (unpaired) electrons. The molecule has 2 nitrogen and oxygen atoms in total. The molecule has 0 bridgehead atoms. The highest BCUT2D eigenvalue weighted by molar-refractivity contribution is 9.10. The fraction of sp³-hybridized carbons (Fsp3) is 0.188. The maximum Gasteiger partial charge on any atom is 0.137 e. The Kier molecular flexibility index (Phi) is 2.94. The van der Waals surface area contributed by atoms with Crippen LogP contribution in [-0.4, -0.2) is 9.38 Å². The first kappa shape index (κ1) is 12.4. The molecule has 0 amide bonds. The molecule has 19 heavy (non-hydrogen) atoms. The second kappa shape index (κ2) is 4.49. The molecule has 0 aliphatic carbocycles. The summed E-state index contributed by atoms with van der Waals surface area (Å²) in [5.74, 6) is 0. The third kappa shape index (κ3) is 1.98. The zero-order valence-electron chi connectivity index (χ0n) is 11.2. The van der Waals surface area contributed by atoms with E-state index in [1.165, 1.54) is 22.5 Å². The second-order valence-corrected chi connectivity index (χ2v) is 5.73. The number of hydrogen-bond donors (Lipinski definition) is 0. The highest BCUT2D eigenvalue weighted by Crippen LogP contribution is 2.27. The van der Waals surface area contributed by atoms with Gasteiger partial charge in [0.15, 0.2) is 0 Å². The highest BCUT2D eigenvalue weighted by Gasteiger charge is 2.12. The summed E-state index contributed by atoms with van der Waals surface area (Å²) < 4.78 is 3.30. The molecule has 3 aromatic rings. The Morgan fingerprint density at radius 2 is 1.58 bits per heavy atom.